The lowest BCUT2D eigenvalue weighted by Crippen LogP contribution is -2.21. The van der Waals surface area contributed by atoms with E-state index < -0.39 is 0 Å². The van der Waals surface area contributed by atoms with Gasteiger partial charge in [0.1, 0.15) is 0 Å². The molecule has 0 N–H and O–H groups in total. The average molecular weight is 210 g/mol. The van der Waals surface area contributed by atoms with E-state index in [2.05, 4.69) is 74.6 Å². The molecule has 0 nitrogen and oxygen atoms in total. The summed E-state index contributed by atoms with van der Waals surface area (Å²) >= 11 is 0. The molecule has 82 valence electrons. The van der Waals surface area contributed by atoms with Crippen LogP contribution in [0.1, 0.15) is 25.8 Å². The van der Waals surface area contributed by atoms with E-state index >= 15 is 0 Å². The molecule has 0 bridgehead atoms. The molecule has 0 spiro atoms. The number of allylic oxidation sites excluding steroid dienone is 6. The molecule has 1 aromatic carbocycles. The minimum absolute atomic E-state index is 0.144. The molecule has 0 saturated heterocycles. The van der Waals surface area contributed by atoms with E-state index in [0.29, 0.717) is 0 Å². The summed E-state index contributed by atoms with van der Waals surface area (Å²) in [4.78, 5) is 0. The second-order valence-corrected chi connectivity index (χ2v) is 4.56. The SMILES string of the molecule is CC=CC1=CC=CC(C)(c2ccccc2)C1. The lowest BCUT2D eigenvalue weighted by atomic mass is 9.74. The van der Waals surface area contributed by atoms with E-state index in [-0.39, 0.29) is 5.41 Å². The Balaban J connectivity index is 2.30. The molecule has 0 heterocycles. The van der Waals surface area contributed by atoms with Crippen LogP contribution in [0.3, 0.4) is 0 Å². The summed E-state index contributed by atoms with van der Waals surface area (Å²) in [6, 6.07) is 10.7. The molecule has 0 saturated carbocycles. The number of rotatable bonds is 2. The maximum Gasteiger partial charge on any atom is 0.0147 e. The normalized spacial score (nSPS) is 24.8. The first kappa shape index (κ1) is 10.9. The van der Waals surface area contributed by atoms with Gasteiger partial charge in [-0.2, -0.15) is 0 Å². The summed E-state index contributed by atoms with van der Waals surface area (Å²) in [7, 11) is 0. The molecule has 1 atom stereocenters. The smallest absolute Gasteiger partial charge is 0.0147 e. The van der Waals surface area contributed by atoms with Crippen LogP contribution in [0.4, 0.5) is 0 Å². The average Bonchev–Trinajstić information content (AvgIpc) is 2.31. The van der Waals surface area contributed by atoms with Crippen LogP contribution in [0, 0.1) is 0 Å². The fraction of sp³-hybridized carbons (Fsp3) is 0.250. The maximum atomic E-state index is 2.30. The van der Waals surface area contributed by atoms with Crippen LogP contribution in [0.25, 0.3) is 0 Å². The molecule has 1 aliphatic rings. The minimum atomic E-state index is 0.144. The zero-order chi connectivity index (χ0) is 11.4. The molecule has 0 aliphatic heterocycles. The topological polar surface area (TPSA) is 0 Å². The van der Waals surface area contributed by atoms with Crippen LogP contribution in [0.2, 0.25) is 0 Å². The Bertz CT molecular complexity index is 434. The van der Waals surface area contributed by atoms with E-state index in [1.54, 1.807) is 0 Å². The van der Waals surface area contributed by atoms with Crippen LogP contribution in [-0.2, 0) is 5.41 Å². The summed E-state index contributed by atoms with van der Waals surface area (Å²) in [5, 5.41) is 0. The van der Waals surface area contributed by atoms with Crippen molar-refractivity contribution in [3.63, 3.8) is 0 Å². The third-order valence-corrected chi connectivity index (χ3v) is 3.16. The largest absolute Gasteiger partial charge is 0.0874 e. The first-order valence-electron chi connectivity index (χ1n) is 5.81. The van der Waals surface area contributed by atoms with Crippen molar-refractivity contribution in [2.24, 2.45) is 0 Å². The van der Waals surface area contributed by atoms with Crippen LogP contribution in [0.15, 0.2) is 66.3 Å². The van der Waals surface area contributed by atoms with Crippen molar-refractivity contribution in [1.29, 1.82) is 0 Å². The van der Waals surface area contributed by atoms with E-state index in [1.807, 2.05) is 0 Å². The van der Waals surface area contributed by atoms with E-state index in [4.69, 9.17) is 0 Å². The molecule has 0 radical (unpaired) electrons. The van der Waals surface area contributed by atoms with Gasteiger partial charge in [0.05, 0.1) is 0 Å². The van der Waals surface area contributed by atoms with Gasteiger partial charge in [0.15, 0.2) is 0 Å². The highest BCUT2D eigenvalue weighted by atomic mass is 14.3. The van der Waals surface area contributed by atoms with Gasteiger partial charge in [0.25, 0.3) is 0 Å². The first-order chi connectivity index (χ1) is 7.74. The van der Waals surface area contributed by atoms with Gasteiger partial charge < -0.3 is 0 Å². The lowest BCUT2D eigenvalue weighted by molar-refractivity contribution is 0.587. The fourth-order valence-corrected chi connectivity index (χ4v) is 2.27. The number of benzene rings is 1. The third kappa shape index (κ3) is 2.16. The zero-order valence-electron chi connectivity index (χ0n) is 9.98. The zero-order valence-corrected chi connectivity index (χ0v) is 9.98. The predicted octanol–water partition coefficient (Wildman–Crippen LogP) is 4.41. The highest BCUT2D eigenvalue weighted by molar-refractivity contribution is 5.40. The van der Waals surface area contributed by atoms with Crippen molar-refractivity contribution >= 4 is 0 Å². The Labute approximate surface area is 98.0 Å². The molecule has 2 rings (SSSR count). The van der Waals surface area contributed by atoms with Crippen molar-refractivity contribution in [2.45, 2.75) is 25.7 Å². The summed E-state index contributed by atoms with van der Waals surface area (Å²) in [6.07, 6.45) is 12.1. The molecule has 0 heteroatoms. The summed E-state index contributed by atoms with van der Waals surface area (Å²) < 4.78 is 0. The Morgan fingerprint density at radius 3 is 2.62 bits per heavy atom. The molecule has 0 amide bonds. The van der Waals surface area contributed by atoms with Gasteiger partial charge in [0.2, 0.25) is 0 Å². The van der Waals surface area contributed by atoms with Crippen LogP contribution in [-0.4, -0.2) is 0 Å². The quantitative estimate of drug-likeness (QED) is 0.678. The molecule has 1 unspecified atom stereocenters. The van der Waals surface area contributed by atoms with Gasteiger partial charge in [-0.15, -0.1) is 0 Å². The van der Waals surface area contributed by atoms with Gasteiger partial charge in [0, 0.05) is 5.41 Å². The van der Waals surface area contributed by atoms with Crippen molar-refractivity contribution in [3.8, 4) is 0 Å². The lowest BCUT2D eigenvalue weighted by Gasteiger charge is -2.29. The predicted molar refractivity (Wildman–Crippen MR) is 70.4 cm³/mol. The second kappa shape index (κ2) is 4.52. The van der Waals surface area contributed by atoms with Crippen molar-refractivity contribution in [2.75, 3.05) is 0 Å². The minimum Gasteiger partial charge on any atom is -0.0874 e. The summed E-state index contributed by atoms with van der Waals surface area (Å²) in [6.45, 7) is 4.37. The second-order valence-electron chi connectivity index (χ2n) is 4.56. The van der Waals surface area contributed by atoms with Gasteiger partial charge in [-0.05, 0) is 24.5 Å². The summed E-state index contributed by atoms with van der Waals surface area (Å²) in [5.74, 6) is 0. The van der Waals surface area contributed by atoms with Crippen LogP contribution >= 0.6 is 0 Å². The Morgan fingerprint density at radius 1 is 1.19 bits per heavy atom. The first-order valence-corrected chi connectivity index (χ1v) is 5.81. The highest BCUT2D eigenvalue weighted by Crippen LogP contribution is 2.35. The molecule has 0 fully saturated rings. The molecular formula is C16H18. The monoisotopic (exact) mass is 210 g/mol. The molecule has 16 heavy (non-hydrogen) atoms. The van der Waals surface area contributed by atoms with E-state index in [1.165, 1.54) is 11.1 Å². The Morgan fingerprint density at radius 2 is 1.94 bits per heavy atom. The third-order valence-electron chi connectivity index (χ3n) is 3.16. The number of hydrogen-bond donors (Lipinski definition) is 0. The molecule has 1 aromatic rings. The van der Waals surface area contributed by atoms with Crippen molar-refractivity contribution < 1.29 is 0 Å². The van der Waals surface area contributed by atoms with Gasteiger partial charge >= 0.3 is 0 Å². The van der Waals surface area contributed by atoms with E-state index in [9.17, 15) is 0 Å². The maximum absolute atomic E-state index is 2.30. The number of hydrogen-bond acceptors (Lipinski definition) is 0. The van der Waals surface area contributed by atoms with Gasteiger partial charge in [-0.25, -0.2) is 0 Å². The van der Waals surface area contributed by atoms with Crippen LogP contribution in [0.5, 0.6) is 0 Å². The fourth-order valence-electron chi connectivity index (χ4n) is 2.27. The van der Waals surface area contributed by atoms with Gasteiger partial charge in [-0.3, -0.25) is 0 Å². The Kier molecular flexibility index (Phi) is 3.09. The molecule has 0 aromatic heterocycles. The van der Waals surface area contributed by atoms with Crippen molar-refractivity contribution in [1.82, 2.24) is 0 Å². The highest BCUT2D eigenvalue weighted by Gasteiger charge is 2.25. The molecular weight excluding hydrogens is 192 g/mol. The standard InChI is InChI=1S/C16H18/c1-3-8-14-9-7-12-16(2,13-14)15-10-5-4-6-11-15/h3-12H,13H2,1-2H3. The van der Waals surface area contributed by atoms with Gasteiger partial charge in [-0.1, -0.05) is 67.6 Å². The van der Waals surface area contributed by atoms with Crippen molar-refractivity contribution in [3.05, 3.63) is 71.8 Å². The van der Waals surface area contributed by atoms with Crippen LogP contribution < -0.4 is 0 Å². The van der Waals surface area contributed by atoms with E-state index in [0.717, 1.165) is 6.42 Å². The Hall–Kier alpha value is -1.56. The molecule has 1 aliphatic carbocycles. The summed E-state index contributed by atoms with van der Waals surface area (Å²) in [5.41, 5.74) is 2.93.